The van der Waals surface area contributed by atoms with Gasteiger partial charge in [0.2, 0.25) is 0 Å². The van der Waals surface area contributed by atoms with Gasteiger partial charge in [-0.05, 0) is 32.5 Å². The Morgan fingerprint density at radius 3 is 1.69 bits per heavy atom. The molecule has 0 aliphatic carbocycles. The first kappa shape index (κ1) is 15.5. The molecule has 0 saturated heterocycles. The molecule has 0 amide bonds. The minimum Gasteiger partial charge on any atom is -0.329 e. The fraction of sp³-hybridized carbons (Fsp3) is 0.692. The summed E-state index contributed by atoms with van der Waals surface area (Å²) >= 11 is 0. The van der Waals surface area contributed by atoms with Gasteiger partial charge in [-0.2, -0.15) is 0 Å². The van der Waals surface area contributed by atoms with Gasteiger partial charge in [-0.25, -0.2) is 0 Å². The highest BCUT2D eigenvalue weighted by atomic mass is 15.2. The van der Waals surface area contributed by atoms with Crippen molar-refractivity contribution in [2.24, 2.45) is 0 Å². The molecule has 0 rings (SSSR count). The summed E-state index contributed by atoms with van der Waals surface area (Å²) in [6, 6.07) is 0. The highest BCUT2D eigenvalue weighted by Crippen LogP contribution is 2.07. The zero-order valence-corrected chi connectivity index (χ0v) is 11.4. The highest BCUT2D eigenvalue weighted by Gasteiger charge is 2.25. The zero-order chi connectivity index (χ0) is 12.4. The molecule has 0 heterocycles. The summed E-state index contributed by atoms with van der Waals surface area (Å²) < 4.78 is 0. The van der Waals surface area contributed by atoms with Gasteiger partial charge in [0.15, 0.2) is 0 Å². The first-order chi connectivity index (χ1) is 7.74. The van der Waals surface area contributed by atoms with Crippen molar-refractivity contribution >= 4 is 6.98 Å². The molecule has 2 nitrogen and oxygen atoms in total. The van der Waals surface area contributed by atoms with Gasteiger partial charge in [-0.15, -0.1) is 0 Å². The molecule has 0 aliphatic rings. The lowest BCUT2D eigenvalue weighted by molar-refractivity contribution is 0.379. The van der Waals surface area contributed by atoms with Crippen molar-refractivity contribution in [3.63, 3.8) is 0 Å². The fourth-order valence-corrected chi connectivity index (χ4v) is 2.12. The molecule has 0 atom stereocenters. The number of allylic oxidation sites excluding steroid dienone is 3. The summed E-state index contributed by atoms with van der Waals surface area (Å²) in [7, 11) is 0. The first-order valence-electron chi connectivity index (χ1n) is 6.50. The van der Waals surface area contributed by atoms with E-state index in [0.717, 1.165) is 32.5 Å². The van der Waals surface area contributed by atoms with Crippen LogP contribution in [0, 0.1) is 0 Å². The maximum atomic E-state index is 3.71. The van der Waals surface area contributed by atoms with Crippen LogP contribution < -0.4 is 0 Å². The Morgan fingerprint density at radius 2 is 1.38 bits per heavy atom. The number of rotatable bonds is 9. The van der Waals surface area contributed by atoms with Gasteiger partial charge in [0.25, 0.3) is 0 Å². The smallest absolute Gasteiger partial charge is 0.314 e. The normalized spacial score (nSPS) is 11.6. The van der Waals surface area contributed by atoms with Crippen LogP contribution in [-0.4, -0.2) is 42.8 Å². The van der Waals surface area contributed by atoms with Gasteiger partial charge in [0, 0.05) is 0 Å². The maximum absolute atomic E-state index is 3.71. The van der Waals surface area contributed by atoms with E-state index in [1.807, 2.05) is 12.2 Å². The Morgan fingerprint density at radius 1 is 0.938 bits per heavy atom. The van der Waals surface area contributed by atoms with E-state index in [-0.39, 0.29) is 0 Å². The van der Waals surface area contributed by atoms with E-state index >= 15 is 0 Å². The zero-order valence-electron chi connectivity index (χ0n) is 11.4. The van der Waals surface area contributed by atoms with Crippen molar-refractivity contribution in [1.29, 1.82) is 0 Å². The molecule has 16 heavy (non-hydrogen) atoms. The van der Waals surface area contributed by atoms with Crippen LogP contribution in [0.15, 0.2) is 24.8 Å². The first-order valence-corrected chi connectivity index (χ1v) is 6.50. The second kappa shape index (κ2) is 9.67. The predicted octanol–water partition coefficient (Wildman–Crippen LogP) is 2.90. The summed E-state index contributed by atoms with van der Waals surface area (Å²) in [5.74, 6) is 0. The lowest BCUT2D eigenvalue weighted by Gasteiger charge is -2.34. The second-order valence-corrected chi connectivity index (χ2v) is 3.82. The monoisotopic (exact) mass is 222 g/mol. The quantitative estimate of drug-likeness (QED) is 0.437. The van der Waals surface area contributed by atoms with E-state index in [0.29, 0.717) is 6.98 Å². The lowest BCUT2D eigenvalue weighted by Crippen LogP contribution is -2.52. The molecule has 0 aromatic carbocycles. The molecule has 0 saturated carbocycles. The third kappa shape index (κ3) is 5.00. The second-order valence-electron chi connectivity index (χ2n) is 3.82. The van der Waals surface area contributed by atoms with Gasteiger partial charge in [0.1, 0.15) is 0 Å². The average Bonchev–Trinajstić information content (AvgIpc) is 2.31. The SMILES string of the molecule is C=C/C=C/CB(N(CC)CC)N(CC)CC. The molecule has 0 bridgehead atoms. The summed E-state index contributed by atoms with van der Waals surface area (Å²) in [5.41, 5.74) is 0. The van der Waals surface area contributed by atoms with Gasteiger partial charge in [0.05, 0.1) is 0 Å². The van der Waals surface area contributed by atoms with Gasteiger partial charge >= 0.3 is 6.98 Å². The van der Waals surface area contributed by atoms with Crippen molar-refractivity contribution < 1.29 is 0 Å². The van der Waals surface area contributed by atoms with Crippen LogP contribution in [0.2, 0.25) is 6.32 Å². The molecule has 0 fully saturated rings. The van der Waals surface area contributed by atoms with E-state index in [1.165, 1.54) is 0 Å². The average molecular weight is 222 g/mol. The predicted molar refractivity (Wildman–Crippen MR) is 75.7 cm³/mol. The maximum Gasteiger partial charge on any atom is 0.314 e. The Bertz CT molecular complexity index is 184. The molecule has 0 unspecified atom stereocenters. The highest BCUT2D eigenvalue weighted by molar-refractivity contribution is 6.53. The molecule has 0 spiro atoms. The van der Waals surface area contributed by atoms with Crippen LogP contribution in [-0.2, 0) is 0 Å². The van der Waals surface area contributed by atoms with E-state index < -0.39 is 0 Å². The molecular formula is C13H27BN2. The Balaban J connectivity index is 4.58. The van der Waals surface area contributed by atoms with Crippen LogP contribution in [0.4, 0.5) is 0 Å². The lowest BCUT2D eigenvalue weighted by atomic mass is 9.67. The molecule has 0 aromatic rings. The van der Waals surface area contributed by atoms with Crippen LogP contribution in [0.1, 0.15) is 27.7 Å². The van der Waals surface area contributed by atoms with E-state index in [9.17, 15) is 0 Å². The van der Waals surface area contributed by atoms with Crippen molar-refractivity contribution in [3.8, 4) is 0 Å². The minimum atomic E-state index is 0.529. The minimum absolute atomic E-state index is 0.529. The summed E-state index contributed by atoms with van der Waals surface area (Å²) in [5, 5.41) is 0. The van der Waals surface area contributed by atoms with E-state index in [4.69, 9.17) is 0 Å². The van der Waals surface area contributed by atoms with Crippen LogP contribution >= 0.6 is 0 Å². The standard InChI is InChI=1S/C13H27BN2/c1-6-11-12-13-14(15(7-2)8-3)16(9-4)10-5/h6,11-12H,1,7-10,13H2,2-5H3/b12-11+. The van der Waals surface area contributed by atoms with E-state index in [1.54, 1.807) is 0 Å². The Labute approximate surface area is 102 Å². The molecular weight excluding hydrogens is 195 g/mol. The van der Waals surface area contributed by atoms with Crippen LogP contribution in [0.3, 0.4) is 0 Å². The molecule has 0 radical (unpaired) electrons. The van der Waals surface area contributed by atoms with Crippen molar-refractivity contribution in [2.45, 2.75) is 34.0 Å². The summed E-state index contributed by atoms with van der Waals surface area (Å²) in [4.78, 5) is 5.03. The number of hydrogen-bond acceptors (Lipinski definition) is 2. The summed E-state index contributed by atoms with van der Waals surface area (Å²) in [6.07, 6.45) is 7.19. The molecule has 0 aliphatic heterocycles. The van der Waals surface area contributed by atoms with Crippen molar-refractivity contribution in [1.82, 2.24) is 9.62 Å². The largest absolute Gasteiger partial charge is 0.329 e. The van der Waals surface area contributed by atoms with E-state index in [2.05, 4.69) is 50.0 Å². The van der Waals surface area contributed by atoms with Crippen molar-refractivity contribution in [3.05, 3.63) is 24.8 Å². The Hall–Kier alpha value is -0.535. The molecule has 3 heteroatoms. The third-order valence-electron chi connectivity index (χ3n) is 3.09. The molecule has 0 aromatic heterocycles. The third-order valence-corrected chi connectivity index (χ3v) is 3.09. The Kier molecular flexibility index (Phi) is 9.35. The summed E-state index contributed by atoms with van der Waals surface area (Å²) in [6.45, 7) is 17.6. The number of hydrogen-bond donors (Lipinski definition) is 0. The topological polar surface area (TPSA) is 6.48 Å². The van der Waals surface area contributed by atoms with Crippen molar-refractivity contribution in [2.75, 3.05) is 26.2 Å². The van der Waals surface area contributed by atoms with Gasteiger partial charge < -0.3 is 9.62 Å². The van der Waals surface area contributed by atoms with Gasteiger partial charge in [-0.1, -0.05) is 52.5 Å². The van der Waals surface area contributed by atoms with Gasteiger partial charge in [-0.3, -0.25) is 0 Å². The van der Waals surface area contributed by atoms with Crippen LogP contribution in [0.25, 0.3) is 0 Å². The number of nitrogens with zero attached hydrogens (tertiary/aromatic N) is 2. The van der Waals surface area contributed by atoms with Crippen LogP contribution in [0.5, 0.6) is 0 Å². The fourth-order valence-electron chi connectivity index (χ4n) is 2.12. The molecule has 92 valence electrons. The molecule has 0 N–H and O–H groups in total.